The maximum Gasteiger partial charge on any atom is 0.338 e. The first-order valence-electron chi connectivity index (χ1n) is 9.05. The number of hydrogen-bond donors (Lipinski definition) is 2. The normalized spacial score (nSPS) is 11.3. The van der Waals surface area contributed by atoms with Gasteiger partial charge in [0.15, 0.2) is 6.10 Å². The Labute approximate surface area is 180 Å². The largest absolute Gasteiger partial charge is 0.449 e. The predicted octanol–water partition coefficient (Wildman–Crippen LogP) is 4.09. The smallest absolute Gasteiger partial charge is 0.338 e. The summed E-state index contributed by atoms with van der Waals surface area (Å²) in [6, 6.07) is 15.2. The quantitative estimate of drug-likeness (QED) is 0.324. The average molecular weight is 439 g/mol. The number of nitro groups is 1. The second-order valence-electron chi connectivity index (χ2n) is 6.32. The monoisotopic (exact) mass is 439 g/mol. The van der Waals surface area contributed by atoms with Crippen LogP contribution in [0.15, 0.2) is 66.0 Å². The maximum absolute atomic E-state index is 12.4. The molecule has 0 saturated heterocycles. The van der Waals surface area contributed by atoms with Gasteiger partial charge in [0.25, 0.3) is 17.5 Å². The van der Waals surface area contributed by atoms with Crippen LogP contribution in [0.25, 0.3) is 0 Å². The van der Waals surface area contributed by atoms with Crippen LogP contribution in [0.3, 0.4) is 0 Å². The highest BCUT2D eigenvalue weighted by atomic mass is 32.1. The van der Waals surface area contributed by atoms with Crippen molar-refractivity contribution < 1.29 is 24.0 Å². The summed E-state index contributed by atoms with van der Waals surface area (Å²) in [7, 11) is 0. The third-order valence-corrected chi connectivity index (χ3v) is 4.98. The van der Waals surface area contributed by atoms with Crippen LogP contribution < -0.4 is 10.6 Å². The lowest BCUT2D eigenvalue weighted by Crippen LogP contribution is -2.30. The zero-order chi connectivity index (χ0) is 22.4. The van der Waals surface area contributed by atoms with Crippen molar-refractivity contribution in [3.05, 3.63) is 86.6 Å². The van der Waals surface area contributed by atoms with Gasteiger partial charge in [-0.3, -0.25) is 19.7 Å². The van der Waals surface area contributed by atoms with E-state index in [1.807, 2.05) is 0 Å². The topological polar surface area (TPSA) is 128 Å². The molecule has 9 nitrogen and oxygen atoms in total. The van der Waals surface area contributed by atoms with Crippen LogP contribution in [0.2, 0.25) is 0 Å². The molecule has 10 heteroatoms. The Morgan fingerprint density at radius 3 is 2.52 bits per heavy atom. The molecular weight excluding hydrogens is 422 g/mol. The summed E-state index contributed by atoms with van der Waals surface area (Å²) in [6.07, 6.45) is -1.21. The molecule has 1 aromatic heterocycles. The number of anilines is 2. The molecule has 158 valence electrons. The van der Waals surface area contributed by atoms with Gasteiger partial charge in [-0.2, -0.15) is 0 Å². The molecule has 31 heavy (non-hydrogen) atoms. The Hall–Kier alpha value is -4.05. The van der Waals surface area contributed by atoms with Crippen molar-refractivity contribution in [2.75, 3.05) is 10.6 Å². The average Bonchev–Trinajstić information content (AvgIpc) is 3.29. The predicted molar refractivity (Wildman–Crippen MR) is 115 cm³/mol. The van der Waals surface area contributed by atoms with E-state index in [4.69, 9.17) is 4.74 Å². The summed E-state index contributed by atoms with van der Waals surface area (Å²) in [5, 5.41) is 17.9. The Morgan fingerprint density at radius 1 is 1.03 bits per heavy atom. The number of para-hydroxylation sites is 2. The standard InChI is InChI=1S/C21H17N3O6S/c1-13(19(25)23-16-8-2-3-9-17(16)24(28)29)30-21(27)14-6-4-7-15(12-14)22-20(26)18-10-5-11-31-18/h2-13H,1H3,(H,22,26)(H,23,25). The maximum atomic E-state index is 12.4. The van der Waals surface area contributed by atoms with Gasteiger partial charge in [0, 0.05) is 11.8 Å². The van der Waals surface area contributed by atoms with Crippen LogP contribution in [0.1, 0.15) is 27.0 Å². The van der Waals surface area contributed by atoms with Crippen LogP contribution in [-0.2, 0) is 9.53 Å². The van der Waals surface area contributed by atoms with Gasteiger partial charge < -0.3 is 15.4 Å². The molecule has 0 fully saturated rings. The number of hydrogen-bond acceptors (Lipinski definition) is 7. The van der Waals surface area contributed by atoms with Gasteiger partial charge in [-0.25, -0.2) is 4.79 Å². The van der Waals surface area contributed by atoms with Crippen molar-refractivity contribution in [3.63, 3.8) is 0 Å². The summed E-state index contributed by atoms with van der Waals surface area (Å²) in [4.78, 5) is 47.9. The molecular formula is C21H17N3O6S. The highest BCUT2D eigenvalue weighted by Gasteiger charge is 2.22. The lowest BCUT2D eigenvalue weighted by molar-refractivity contribution is -0.383. The third kappa shape index (κ3) is 5.52. The number of ether oxygens (including phenoxy) is 1. The van der Waals surface area contributed by atoms with Crippen LogP contribution in [0.4, 0.5) is 17.1 Å². The Balaban J connectivity index is 1.64. The molecule has 0 radical (unpaired) electrons. The molecule has 2 aromatic carbocycles. The van der Waals surface area contributed by atoms with E-state index in [0.29, 0.717) is 10.6 Å². The molecule has 0 aliphatic heterocycles. The highest BCUT2D eigenvalue weighted by molar-refractivity contribution is 7.12. The number of nitro benzene ring substituents is 1. The van der Waals surface area contributed by atoms with Crippen LogP contribution in [0, 0.1) is 10.1 Å². The fourth-order valence-electron chi connectivity index (χ4n) is 2.58. The Bertz CT molecular complexity index is 1130. The first kappa shape index (κ1) is 21.7. The number of nitrogens with one attached hydrogen (secondary N) is 2. The molecule has 2 amide bonds. The van der Waals surface area contributed by atoms with Crippen LogP contribution in [0.5, 0.6) is 0 Å². The number of carbonyl (C=O) groups excluding carboxylic acids is 3. The number of amides is 2. The van der Waals surface area contributed by atoms with Crippen molar-refractivity contribution in [2.24, 2.45) is 0 Å². The van der Waals surface area contributed by atoms with E-state index in [-0.39, 0.29) is 22.8 Å². The molecule has 0 saturated carbocycles. The second kappa shape index (κ2) is 9.63. The summed E-state index contributed by atoms with van der Waals surface area (Å²) >= 11 is 1.29. The first-order chi connectivity index (χ1) is 14.8. The molecule has 0 spiro atoms. The van der Waals surface area contributed by atoms with E-state index < -0.39 is 22.9 Å². The summed E-state index contributed by atoms with van der Waals surface area (Å²) in [6.45, 7) is 1.35. The van der Waals surface area contributed by atoms with Crippen molar-refractivity contribution in [1.82, 2.24) is 0 Å². The molecule has 3 aromatic rings. The number of rotatable bonds is 7. The molecule has 0 aliphatic rings. The van der Waals surface area contributed by atoms with E-state index in [1.54, 1.807) is 29.6 Å². The second-order valence-corrected chi connectivity index (χ2v) is 7.27. The van der Waals surface area contributed by atoms with Crippen LogP contribution >= 0.6 is 11.3 Å². The van der Waals surface area contributed by atoms with Gasteiger partial charge in [-0.05, 0) is 42.6 Å². The number of benzene rings is 2. The van der Waals surface area contributed by atoms with E-state index in [0.717, 1.165) is 0 Å². The number of carbonyl (C=O) groups is 3. The molecule has 0 bridgehead atoms. The highest BCUT2D eigenvalue weighted by Crippen LogP contribution is 2.23. The summed E-state index contributed by atoms with van der Waals surface area (Å²) in [5.41, 5.74) is 0.251. The first-order valence-corrected chi connectivity index (χ1v) is 9.93. The fourth-order valence-corrected chi connectivity index (χ4v) is 3.20. The lowest BCUT2D eigenvalue weighted by Gasteiger charge is -2.14. The molecule has 0 aliphatic carbocycles. The van der Waals surface area contributed by atoms with Crippen molar-refractivity contribution in [1.29, 1.82) is 0 Å². The van der Waals surface area contributed by atoms with Gasteiger partial charge in [0.2, 0.25) is 0 Å². The molecule has 1 unspecified atom stereocenters. The van der Waals surface area contributed by atoms with Crippen molar-refractivity contribution >= 4 is 46.2 Å². The number of thiophene rings is 1. The van der Waals surface area contributed by atoms with E-state index in [9.17, 15) is 24.5 Å². The minimum atomic E-state index is -1.21. The summed E-state index contributed by atoms with van der Waals surface area (Å²) < 4.78 is 5.17. The van der Waals surface area contributed by atoms with Crippen molar-refractivity contribution in [3.8, 4) is 0 Å². The van der Waals surface area contributed by atoms with Gasteiger partial charge in [-0.15, -0.1) is 11.3 Å². The SMILES string of the molecule is CC(OC(=O)c1cccc(NC(=O)c2cccs2)c1)C(=O)Nc1ccccc1[N+](=O)[O-]. The Morgan fingerprint density at radius 2 is 1.81 bits per heavy atom. The Kier molecular flexibility index (Phi) is 6.73. The van der Waals surface area contributed by atoms with Crippen LogP contribution in [-0.4, -0.2) is 28.8 Å². The minimum absolute atomic E-state index is 0.00122. The molecule has 2 N–H and O–H groups in total. The van der Waals surface area contributed by atoms with Gasteiger partial charge >= 0.3 is 5.97 Å². The lowest BCUT2D eigenvalue weighted by atomic mass is 10.2. The van der Waals surface area contributed by atoms with Gasteiger partial charge in [-0.1, -0.05) is 24.3 Å². The van der Waals surface area contributed by atoms with Gasteiger partial charge in [0.05, 0.1) is 15.4 Å². The third-order valence-electron chi connectivity index (χ3n) is 4.11. The van der Waals surface area contributed by atoms with Gasteiger partial charge in [0.1, 0.15) is 5.69 Å². The molecule has 1 atom stereocenters. The molecule has 1 heterocycles. The molecule has 3 rings (SSSR count). The van der Waals surface area contributed by atoms with E-state index >= 15 is 0 Å². The number of nitrogens with zero attached hydrogens (tertiary/aromatic N) is 1. The van der Waals surface area contributed by atoms with E-state index in [2.05, 4.69) is 10.6 Å². The number of esters is 1. The minimum Gasteiger partial charge on any atom is -0.449 e. The summed E-state index contributed by atoms with van der Waals surface area (Å²) in [5.74, 6) is -1.81. The van der Waals surface area contributed by atoms with E-state index in [1.165, 1.54) is 54.7 Å². The zero-order valence-electron chi connectivity index (χ0n) is 16.2. The zero-order valence-corrected chi connectivity index (χ0v) is 17.0. The van der Waals surface area contributed by atoms with Crippen molar-refractivity contribution in [2.45, 2.75) is 13.0 Å². The fraction of sp³-hybridized carbons (Fsp3) is 0.0952.